The number of carbonyl (C=O) groups excluding carboxylic acids is 1. The second kappa shape index (κ2) is 16.4. The number of carbonyl (C=O) groups is 1. The summed E-state index contributed by atoms with van der Waals surface area (Å²) in [5.74, 6) is -1.07. The number of furan rings is 1. The van der Waals surface area contributed by atoms with Gasteiger partial charge in [-0.2, -0.15) is 0 Å². The van der Waals surface area contributed by atoms with Crippen LogP contribution in [0.5, 0.6) is 11.5 Å². The molecule has 1 fully saturated rings. The number of fused-ring (bicyclic) bond motifs is 1. The molecule has 2 heterocycles. The number of hydrogen-bond acceptors (Lipinski definition) is 12. The minimum Gasteiger partial charge on any atom is -0.506 e. The standard InChI is InChI=1S/C40H36Cl2N6O9S2/c1-22-6-4-7-26-38(22)31(21-32(39(26)50)43-40(51)35-8-5-13-57-35)45-44-29-19-28(42)36(20-27(29)41)58(52,53)46-25-9-10-33(48-11-14-56-15-12-48)37(18-25)59(54,55)47-30-16-23(2)24(3)17-34(30)49/h4-10,13,16-21,46-47,49-50H,11-12,14-15H2,1-3H3,(H,43,51). The second-order valence-electron chi connectivity index (χ2n) is 13.6. The van der Waals surface area contributed by atoms with E-state index in [1.807, 2.05) is 0 Å². The minimum atomic E-state index is -4.50. The number of nitrogens with zero attached hydrogens (tertiary/aromatic N) is 3. The van der Waals surface area contributed by atoms with Crippen molar-refractivity contribution in [2.75, 3.05) is 46.0 Å². The van der Waals surface area contributed by atoms with Crippen LogP contribution in [0.1, 0.15) is 27.2 Å². The Morgan fingerprint density at radius 2 is 1.46 bits per heavy atom. The first kappa shape index (κ1) is 41.3. The number of morpholine rings is 1. The van der Waals surface area contributed by atoms with Gasteiger partial charge >= 0.3 is 0 Å². The van der Waals surface area contributed by atoms with Crippen LogP contribution in [-0.4, -0.2) is 59.3 Å². The molecule has 5 N–H and O–H groups in total. The highest BCUT2D eigenvalue weighted by molar-refractivity contribution is 7.93. The SMILES string of the molecule is Cc1cc(O)c(NS(=O)(=O)c2cc(NS(=O)(=O)c3cc(Cl)c(N=Nc4cc(NC(=O)c5ccco5)c(O)c5cccc(C)c45)cc3Cl)ccc2N2CCOCC2)cc1C. The Hall–Kier alpha value is -5.85. The lowest BCUT2D eigenvalue weighted by atomic mass is 10.0. The second-order valence-corrected chi connectivity index (χ2v) is 17.7. The van der Waals surface area contributed by atoms with E-state index in [1.165, 1.54) is 54.8 Å². The summed E-state index contributed by atoms with van der Waals surface area (Å²) in [6.07, 6.45) is 1.34. The Kier molecular flexibility index (Phi) is 11.5. The zero-order valence-electron chi connectivity index (χ0n) is 31.6. The molecule has 306 valence electrons. The molecule has 6 aromatic rings. The number of sulfonamides is 2. The lowest BCUT2D eigenvalue weighted by Gasteiger charge is -2.30. The molecule has 19 heteroatoms. The molecule has 0 radical (unpaired) electrons. The largest absolute Gasteiger partial charge is 0.506 e. The van der Waals surface area contributed by atoms with Crippen molar-refractivity contribution in [3.05, 3.63) is 118 Å². The van der Waals surface area contributed by atoms with Crippen LogP contribution >= 0.6 is 23.2 Å². The molecule has 0 saturated carbocycles. The average Bonchev–Trinajstić information content (AvgIpc) is 3.74. The molecule has 7 rings (SSSR count). The van der Waals surface area contributed by atoms with Crippen LogP contribution in [0.4, 0.5) is 34.1 Å². The van der Waals surface area contributed by atoms with Gasteiger partial charge in [-0.25, -0.2) is 16.8 Å². The number of halogens is 2. The monoisotopic (exact) mass is 878 g/mol. The van der Waals surface area contributed by atoms with E-state index in [0.717, 1.165) is 22.8 Å². The van der Waals surface area contributed by atoms with Crippen molar-refractivity contribution in [3.8, 4) is 11.5 Å². The molecule has 0 atom stereocenters. The predicted molar refractivity (Wildman–Crippen MR) is 226 cm³/mol. The number of aromatic hydroxyl groups is 2. The van der Waals surface area contributed by atoms with Gasteiger partial charge in [0.15, 0.2) is 5.76 Å². The highest BCUT2D eigenvalue weighted by Gasteiger charge is 2.28. The van der Waals surface area contributed by atoms with Gasteiger partial charge in [-0.15, -0.1) is 10.2 Å². The van der Waals surface area contributed by atoms with Gasteiger partial charge in [0, 0.05) is 23.9 Å². The van der Waals surface area contributed by atoms with E-state index in [0.29, 0.717) is 42.8 Å². The first-order valence-electron chi connectivity index (χ1n) is 17.9. The molecule has 1 aliphatic rings. The van der Waals surface area contributed by atoms with Crippen LogP contribution < -0.4 is 19.7 Å². The third-order valence-electron chi connectivity index (χ3n) is 9.58. The molecule has 1 aromatic heterocycles. The van der Waals surface area contributed by atoms with Crippen LogP contribution in [0.3, 0.4) is 0 Å². The van der Waals surface area contributed by atoms with Gasteiger partial charge in [0.2, 0.25) is 0 Å². The quantitative estimate of drug-likeness (QED) is 0.0615. The van der Waals surface area contributed by atoms with Crippen LogP contribution in [0.15, 0.2) is 110 Å². The van der Waals surface area contributed by atoms with E-state index in [-0.39, 0.29) is 60.6 Å². The predicted octanol–water partition coefficient (Wildman–Crippen LogP) is 9.18. The molecule has 59 heavy (non-hydrogen) atoms. The summed E-state index contributed by atoms with van der Waals surface area (Å²) in [7, 11) is -8.92. The Morgan fingerprint density at radius 1 is 0.746 bits per heavy atom. The summed E-state index contributed by atoms with van der Waals surface area (Å²) >= 11 is 13.1. The molecule has 1 saturated heterocycles. The number of amides is 1. The molecule has 15 nitrogen and oxygen atoms in total. The van der Waals surface area contributed by atoms with E-state index in [1.54, 1.807) is 49.9 Å². The maximum atomic E-state index is 14.0. The molecule has 5 aromatic carbocycles. The first-order chi connectivity index (χ1) is 28.0. The van der Waals surface area contributed by atoms with Gasteiger partial charge in [-0.1, -0.05) is 41.4 Å². The molecule has 1 aliphatic heterocycles. The van der Waals surface area contributed by atoms with E-state index in [2.05, 4.69) is 25.0 Å². The fourth-order valence-corrected chi connectivity index (χ4v) is 9.63. The summed E-state index contributed by atoms with van der Waals surface area (Å²) < 4.78 is 71.1. The van der Waals surface area contributed by atoms with E-state index >= 15 is 0 Å². The zero-order valence-corrected chi connectivity index (χ0v) is 34.7. The summed E-state index contributed by atoms with van der Waals surface area (Å²) in [4.78, 5) is 13.9. The first-order valence-corrected chi connectivity index (χ1v) is 21.6. The normalized spacial score (nSPS) is 13.5. The lowest BCUT2D eigenvalue weighted by Crippen LogP contribution is -2.37. The van der Waals surface area contributed by atoms with Gasteiger partial charge in [0.05, 0.1) is 58.0 Å². The molecular formula is C40H36Cl2N6O9S2. The highest BCUT2D eigenvalue weighted by atomic mass is 35.5. The van der Waals surface area contributed by atoms with Crippen LogP contribution in [-0.2, 0) is 24.8 Å². The van der Waals surface area contributed by atoms with Crippen molar-refractivity contribution in [2.24, 2.45) is 10.2 Å². The molecular weight excluding hydrogens is 844 g/mol. The zero-order chi connectivity index (χ0) is 42.2. The van der Waals surface area contributed by atoms with Crippen molar-refractivity contribution >= 4 is 94.1 Å². The molecule has 1 amide bonds. The maximum absolute atomic E-state index is 14.0. The fourth-order valence-electron chi connectivity index (χ4n) is 6.45. The highest BCUT2D eigenvalue weighted by Crippen LogP contribution is 2.43. The molecule has 0 unspecified atom stereocenters. The van der Waals surface area contributed by atoms with E-state index in [4.69, 9.17) is 32.4 Å². The van der Waals surface area contributed by atoms with Crippen LogP contribution in [0, 0.1) is 20.8 Å². The number of benzene rings is 5. The van der Waals surface area contributed by atoms with Crippen LogP contribution in [0.2, 0.25) is 10.0 Å². The van der Waals surface area contributed by atoms with E-state index < -0.39 is 30.8 Å². The Morgan fingerprint density at radius 3 is 2.19 bits per heavy atom. The van der Waals surface area contributed by atoms with Crippen molar-refractivity contribution in [1.29, 1.82) is 0 Å². The van der Waals surface area contributed by atoms with Crippen molar-refractivity contribution in [2.45, 2.75) is 30.6 Å². The third kappa shape index (κ3) is 8.65. The number of rotatable bonds is 11. The number of nitrogens with one attached hydrogen (secondary N) is 3. The van der Waals surface area contributed by atoms with Crippen molar-refractivity contribution < 1.29 is 41.0 Å². The smallest absolute Gasteiger partial charge is 0.291 e. The molecule has 0 spiro atoms. The number of anilines is 4. The summed E-state index contributed by atoms with van der Waals surface area (Å²) in [5.41, 5.74) is 2.65. The van der Waals surface area contributed by atoms with Gasteiger partial charge in [-0.05, 0) is 98.1 Å². The van der Waals surface area contributed by atoms with Crippen molar-refractivity contribution in [1.82, 2.24) is 0 Å². The lowest BCUT2D eigenvalue weighted by molar-refractivity contribution is 0.0996. The summed E-state index contributed by atoms with van der Waals surface area (Å²) in [6.45, 7) is 6.82. The Balaban J connectivity index is 1.20. The Labute approximate surface area is 349 Å². The fraction of sp³-hybridized carbons (Fsp3) is 0.175. The van der Waals surface area contributed by atoms with Gasteiger partial charge in [0.1, 0.15) is 27.0 Å². The number of phenols is 2. The number of azo groups is 1. The molecule has 0 aliphatic carbocycles. The Bertz CT molecular complexity index is 2880. The molecule has 0 bridgehead atoms. The number of phenolic OH excluding ortho intramolecular Hbond substituents is 2. The summed E-state index contributed by atoms with van der Waals surface area (Å²) in [5, 5.41) is 33.3. The number of aryl methyl sites for hydroxylation is 3. The topological polar surface area (TPSA) is 212 Å². The maximum Gasteiger partial charge on any atom is 0.291 e. The van der Waals surface area contributed by atoms with Gasteiger partial charge in [-0.3, -0.25) is 14.2 Å². The third-order valence-corrected chi connectivity index (χ3v) is 13.1. The minimum absolute atomic E-state index is 0.00416. The van der Waals surface area contributed by atoms with Gasteiger partial charge < -0.3 is 29.6 Å². The van der Waals surface area contributed by atoms with E-state index in [9.17, 15) is 31.8 Å². The average molecular weight is 880 g/mol. The number of hydrogen-bond donors (Lipinski definition) is 5. The van der Waals surface area contributed by atoms with Crippen molar-refractivity contribution in [3.63, 3.8) is 0 Å². The van der Waals surface area contributed by atoms with Gasteiger partial charge in [0.25, 0.3) is 26.0 Å². The van der Waals surface area contributed by atoms with Crippen LogP contribution in [0.25, 0.3) is 10.8 Å². The summed E-state index contributed by atoms with van der Waals surface area (Å²) in [6, 6.07) is 18.9. The number of ether oxygens (including phenoxy) is 1.